The molecule has 3 aliphatic rings. The summed E-state index contributed by atoms with van der Waals surface area (Å²) in [5, 5.41) is 3.02. The lowest BCUT2D eigenvalue weighted by molar-refractivity contribution is -0.145. The van der Waals surface area contributed by atoms with Crippen molar-refractivity contribution in [3.63, 3.8) is 0 Å². The van der Waals surface area contributed by atoms with E-state index in [2.05, 4.69) is 36.3 Å². The average molecular weight is 456 g/mol. The Morgan fingerprint density at radius 3 is 2.61 bits per heavy atom. The predicted molar refractivity (Wildman–Crippen MR) is 129 cm³/mol. The highest BCUT2D eigenvalue weighted by molar-refractivity contribution is 5.84. The number of aromatic nitrogens is 1. The summed E-state index contributed by atoms with van der Waals surface area (Å²) in [5.41, 5.74) is 2.75. The minimum Gasteiger partial charge on any atom is -0.444 e. The van der Waals surface area contributed by atoms with E-state index in [1.54, 1.807) is 0 Å². The van der Waals surface area contributed by atoms with Gasteiger partial charge < -0.3 is 15.0 Å². The lowest BCUT2D eigenvalue weighted by Crippen LogP contribution is -2.48. The number of fused-ring (bicyclic) bond motifs is 1. The summed E-state index contributed by atoms with van der Waals surface area (Å²) < 4.78 is 5.45. The van der Waals surface area contributed by atoms with Crippen molar-refractivity contribution in [1.82, 2.24) is 15.2 Å². The van der Waals surface area contributed by atoms with Crippen LogP contribution in [0.1, 0.15) is 102 Å². The van der Waals surface area contributed by atoms with E-state index in [1.807, 2.05) is 20.8 Å². The molecule has 6 heteroatoms. The second-order valence-electron chi connectivity index (χ2n) is 11.7. The van der Waals surface area contributed by atoms with Gasteiger partial charge >= 0.3 is 6.09 Å². The maximum absolute atomic E-state index is 13.9. The van der Waals surface area contributed by atoms with Crippen LogP contribution < -0.4 is 5.32 Å². The molecule has 182 valence electrons. The van der Waals surface area contributed by atoms with E-state index in [0.29, 0.717) is 18.9 Å². The van der Waals surface area contributed by atoms with Crippen LogP contribution in [-0.2, 0) is 22.5 Å². The van der Waals surface area contributed by atoms with Gasteiger partial charge in [0.2, 0.25) is 5.91 Å². The topological polar surface area (TPSA) is 71.5 Å². The standard InChI is InChI=1S/C27H41N3O3/c1-18(2)27(12-10-22(15-27)29-25(32)33-26(3,4)5)24(31)30-13-11-23-21(17-30)14-20(16-28-23)19-8-6-7-9-19/h14,16,18-19,22H,6-13,15,17H2,1-5H3,(H,29,32)/t22-,27+/m1/s1. The van der Waals surface area contributed by atoms with Crippen LogP contribution >= 0.6 is 0 Å². The molecule has 0 spiro atoms. The fraction of sp³-hybridized carbons (Fsp3) is 0.741. The third-order valence-corrected chi connectivity index (χ3v) is 7.98. The molecule has 1 aliphatic heterocycles. The fourth-order valence-electron chi connectivity index (χ4n) is 6.05. The molecule has 2 atom stereocenters. The second-order valence-corrected chi connectivity index (χ2v) is 11.7. The van der Waals surface area contributed by atoms with E-state index < -0.39 is 17.1 Å². The van der Waals surface area contributed by atoms with Gasteiger partial charge in [-0.15, -0.1) is 0 Å². The quantitative estimate of drug-likeness (QED) is 0.665. The van der Waals surface area contributed by atoms with Gasteiger partial charge in [-0.1, -0.05) is 32.8 Å². The van der Waals surface area contributed by atoms with Gasteiger partial charge in [-0.05, 0) is 75.8 Å². The zero-order chi connectivity index (χ0) is 23.8. The van der Waals surface area contributed by atoms with Crippen molar-refractivity contribution in [3.8, 4) is 0 Å². The van der Waals surface area contributed by atoms with E-state index in [0.717, 1.165) is 31.5 Å². The van der Waals surface area contributed by atoms with Crippen molar-refractivity contribution in [3.05, 3.63) is 29.1 Å². The number of carbonyl (C=O) groups excluding carboxylic acids is 2. The molecule has 0 unspecified atom stereocenters. The number of nitrogens with zero attached hydrogens (tertiary/aromatic N) is 2. The summed E-state index contributed by atoms with van der Waals surface area (Å²) in [5.74, 6) is 1.08. The maximum atomic E-state index is 13.9. The Labute approximate surface area is 198 Å². The van der Waals surface area contributed by atoms with Gasteiger partial charge in [0, 0.05) is 37.4 Å². The molecular weight excluding hydrogens is 414 g/mol. The van der Waals surface area contributed by atoms with Gasteiger partial charge in [-0.3, -0.25) is 9.78 Å². The third-order valence-electron chi connectivity index (χ3n) is 7.98. The van der Waals surface area contributed by atoms with Crippen molar-refractivity contribution in [2.75, 3.05) is 6.54 Å². The van der Waals surface area contributed by atoms with Crippen molar-refractivity contribution < 1.29 is 14.3 Å². The SMILES string of the molecule is CC(C)[C@]1(C(=O)N2CCc3ncc(C4CCCC4)cc3C2)CC[C@@H](NC(=O)OC(C)(C)C)C1. The molecule has 0 aromatic carbocycles. The Balaban J connectivity index is 1.46. The largest absolute Gasteiger partial charge is 0.444 e. The van der Waals surface area contributed by atoms with Crippen LogP contribution in [0.5, 0.6) is 0 Å². The van der Waals surface area contributed by atoms with Crippen molar-refractivity contribution in [2.45, 2.75) is 110 Å². The molecule has 4 rings (SSSR count). The highest BCUT2D eigenvalue weighted by Crippen LogP contribution is 2.46. The molecule has 2 heterocycles. The minimum absolute atomic E-state index is 0.0288. The molecule has 1 N–H and O–H groups in total. The zero-order valence-corrected chi connectivity index (χ0v) is 21.1. The third kappa shape index (κ3) is 5.20. The fourth-order valence-corrected chi connectivity index (χ4v) is 6.05. The molecule has 0 saturated heterocycles. The summed E-state index contributed by atoms with van der Waals surface area (Å²) in [6.45, 7) is 11.3. The van der Waals surface area contributed by atoms with Gasteiger partial charge in [-0.25, -0.2) is 4.79 Å². The van der Waals surface area contributed by atoms with Crippen LogP contribution in [0.4, 0.5) is 4.79 Å². The number of nitrogens with one attached hydrogen (secondary N) is 1. The molecule has 2 aliphatic carbocycles. The molecule has 2 saturated carbocycles. The highest BCUT2D eigenvalue weighted by Gasteiger charge is 2.50. The first kappa shape index (κ1) is 24.0. The van der Waals surface area contributed by atoms with Crippen LogP contribution in [0.2, 0.25) is 0 Å². The number of rotatable bonds is 4. The summed E-state index contributed by atoms with van der Waals surface area (Å²) in [6.07, 6.45) is 9.91. The Bertz CT molecular complexity index is 885. The summed E-state index contributed by atoms with van der Waals surface area (Å²) in [7, 11) is 0. The summed E-state index contributed by atoms with van der Waals surface area (Å²) in [4.78, 5) is 33.1. The van der Waals surface area contributed by atoms with Gasteiger partial charge in [0.1, 0.15) is 5.60 Å². The van der Waals surface area contributed by atoms with E-state index in [9.17, 15) is 9.59 Å². The molecule has 0 bridgehead atoms. The molecule has 1 aromatic rings. The Kier molecular flexibility index (Phi) is 6.75. The molecular formula is C27H41N3O3. The average Bonchev–Trinajstić information content (AvgIpc) is 3.42. The highest BCUT2D eigenvalue weighted by atomic mass is 16.6. The van der Waals surface area contributed by atoms with E-state index in [1.165, 1.54) is 36.8 Å². The van der Waals surface area contributed by atoms with Gasteiger partial charge in [0.15, 0.2) is 0 Å². The maximum Gasteiger partial charge on any atom is 0.407 e. The normalized spacial score (nSPS) is 25.9. The van der Waals surface area contributed by atoms with Gasteiger partial charge in [-0.2, -0.15) is 0 Å². The Hall–Kier alpha value is -2.11. The van der Waals surface area contributed by atoms with Gasteiger partial charge in [0.25, 0.3) is 0 Å². The first-order chi connectivity index (χ1) is 15.6. The number of ether oxygens (including phenoxy) is 1. The van der Waals surface area contributed by atoms with Gasteiger partial charge in [0.05, 0.1) is 5.41 Å². The Morgan fingerprint density at radius 2 is 1.94 bits per heavy atom. The summed E-state index contributed by atoms with van der Waals surface area (Å²) in [6, 6.07) is 2.29. The number of alkyl carbamates (subject to hydrolysis) is 1. The van der Waals surface area contributed by atoms with Crippen molar-refractivity contribution in [1.29, 1.82) is 0 Å². The molecule has 2 amide bonds. The van der Waals surface area contributed by atoms with Crippen molar-refractivity contribution in [2.24, 2.45) is 11.3 Å². The monoisotopic (exact) mass is 455 g/mol. The molecule has 2 fully saturated rings. The predicted octanol–water partition coefficient (Wildman–Crippen LogP) is 5.34. The number of carbonyl (C=O) groups is 2. The second kappa shape index (κ2) is 9.27. The number of amides is 2. The molecule has 1 aromatic heterocycles. The number of hydrogen-bond acceptors (Lipinski definition) is 4. The van der Waals surface area contributed by atoms with E-state index in [-0.39, 0.29) is 17.9 Å². The van der Waals surface area contributed by atoms with Crippen molar-refractivity contribution >= 4 is 12.0 Å². The molecule has 33 heavy (non-hydrogen) atoms. The first-order valence-electron chi connectivity index (χ1n) is 12.8. The Morgan fingerprint density at radius 1 is 1.21 bits per heavy atom. The molecule has 6 nitrogen and oxygen atoms in total. The lowest BCUT2D eigenvalue weighted by Gasteiger charge is -2.39. The lowest BCUT2D eigenvalue weighted by atomic mass is 9.74. The van der Waals surface area contributed by atoms with Crippen LogP contribution in [0.3, 0.4) is 0 Å². The number of pyridine rings is 1. The van der Waals surface area contributed by atoms with E-state index in [4.69, 9.17) is 9.72 Å². The number of hydrogen-bond donors (Lipinski definition) is 1. The zero-order valence-electron chi connectivity index (χ0n) is 21.1. The van der Waals surface area contributed by atoms with Crippen LogP contribution in [0.15, 0.2) is 12.3 Å². The summed E-state index contributed by atoms with van der Waals surface area (Å²) >= 11 is 0. The van der Waals surface area contributed by atoms with Crippen LogP contribution in [-0.4, -0.2) is 40.1 Å². The first-order valence-corrected chi connectivity index (χ1v) is 12.8. The van der Waals surface area contributed by atoms with Crippen LogP contribution in [0, 0.1) is 11.3 Å². The smallest absolute Gasteiger partial charge is 0.407 e. The van der Waals surface area contributed by atoms with Crippen LogP contribution in [0.25, 0.3) is 0 Å². The van der Waals surface area contributed by atoms with E-state index >= 15 is 0 Å². The molecule has 0 radical (unpaired) electrons. The minimum atomic E-state index is -0.528.